The van der Waals surface area contributed by atoms with Gasteiger partial charge in [0.05, 0.1) is 16.9 Å². The molecule has 0 saturated carbocycles. The molecule has 0 N–H and O–H groups in total. The molecule has 2 heterocycles. The Kier molecular flexibility index (Phi) is 3.32. The van der Waals surface area contributed by atoms with Crippen molar-refractivity contribution in [3.63, 3.8) is 0 Å². The van der Waals surface area contributed by atoms with Crippen LogP contribution >= 0.6 is 0 Å². The van der Waals surface area contributed by atoms with E-state index in [1.807, 2.05) is 60.7 Å². The zero-order valence-corrected chi connectivity index (χ0v) is 12.1. The SMILES string of the molecule is c1ccc(-c2ncncc2-c2nnnn2-c2ccccc2)cc1. The number of nitrogens with zero attached hydrogens (tertiary/aromatic N) is 6. The first-order chi connectivity index (χ1) is 11.4. The first-order valence-electron chi connectivity index (χ1n) is 7.13. The minimum Gasteiger partial charge on any atom is -0.244 e. The van der Waals surface area contributed by atoms with Gasteiger partial charge in [-0.15, -0.1) is 5.10 Å². The van der Waals surface area contributed by atoms with Gasteiger partial charge in [0.15, 0.2) is 5.82 Å². The van der Waals surface area contributed by atoms with E-state index in [0.717, 1.165) is 22.5 Å². The lowest BCUT2D eigenvalue weighted by molar-refractivity contribution is 0.791. The zero-order valence-electron chi connectivity index (χ0n) is 12.1. The summed E-state index contributed by atoms with van der Waals surface area (Å²) >= 11 is 0. The molecule has 4 rings (SSSR count). The van der Waals surface area contributed by atoms with E-state index in [-0.39, 0.29) is 0 Å². The molecule has 6 heteroatoms. The Bertz CT molecular complexity index is 918. The van der Waals surface area contributed by atoms with Gasteiger partial charge >= 0.3 is 0 Å². The number of para-hydroxylation sites is 1. The number of aromatic nitrogens is 6. The average molecular weight is 300 g/mol. The molecular formula is C17H12N6. The van der Waals surface area contributed by atoms with Gasteiger partial charge in [0.25, 0.3) is 0 Å². The fraction of sp³-hybridized carbons (Fsp3) is 0. The molecule has 2 aromatic carbocycles. The van der Waals surface area contributed by atoms with E-state index in [2.05, 4.69) is 25.5 Å². The maximum Gasteiger partial charge on any atom is 0.190 e. The summed E-state index contributed by atoms with van der Waals surface area (Å²) in [5, 5.41) is 12.1. The van der Waals surface area contributed by atoms with Crippen LogP contribution in [0.5, 0.6) is 0 Å². The molecule has 0 aliphatic carbocycles. The van der Waals surface area contributed by atoms with Crippen LogP contribution in [0.1, 0.15) is 0 Å². The minimum absolute atomic E-state index is 0.607. The molecule has 110 valence electrons. The van der Waals surface area contributed by atoms with Gasteiger partial charge in [0.2, 0.25) is 0 Å². The molecule has 0 saturated heterocycles. The molecule has 23 heavy (non-hydrogen) atoms. The van der Waals surface area contributed by atoms with Gasteiger partial charge in [-0.1, -0.05) is 48.5 Å². The van der Waals surface area contributed by atoms with Crippen molar-refractivity contribution >= 4 is 0 Å². The number of hydrogen-bond acceptors (Lipinski definition) is 5. The van der Waals surface area contributed by atoms with Gasteiger partial charge < -0.3 is 0 Å². The van der Waals surface area contributed by atoms with Crippen LogP contribution in [0.3, 0.4) is 0 Å². The van der Waals surface area contributed by atoms with Gasteiger partial charge in [-0.05, 0) is 22.6 Å². The van der Waals surface area contributed by atoms with Crippen LogP contribution in [0.15, 0.2) is 73.2 Å². The van der Waals surface area contributed by atoms with Crippen molar-refractivity contribution in [2.75, 3.05) is 0 Å². The summed E-state index contributed by atoms with van der Waals surface area (Å²) in [4.78, 5) is 8.56. The first kappa shape index (κ1) is 13.3. The third-order valence-electron chi connectivity index (χ3n) is 3.47. The van der Waals surface area contributed by atoms with Gasteiger partial charge in [-0.3, -0.25) is 0 Å². The monoisotopic (exact) mass is 300 g/mol. The summed E-state index contributed by atoms with van der Waals surface area (Å²) in [6.45, 7) is 0. The molecule has 4 aromatic rings. The fourth-order valence-corrected chi connectivity index (χ4v) is 2.42. The number of rotatable bonds is 3. The largest absolute Gasteiger partial charge is 0.244 e. The number of benzene rings is 2. The molecule has 0 fully saturated rings. The Morgan fingerprint density at radius 3 is 2.35 bits per heavy atom. The standard InChI is InChI=1S/C17H12N6/c1-3-7-13(8-4-1)16-15(11-18-12-19-16)17-20-21-22-23(17)14-9-5-2-6-10-14/h1-12H. The highest BCUT2D eigenvalue weighted by atomic mass is 15.5. The van der Waals surface area contributed by atoms with Crippen molar-refractivity contribution in [1.82, 2.24) is 30.2 Å². The van der Waals surface area contributed by atoms with Crippen molar-refractivity contribution in [1.29, 1.82) is 0 Å². The van der Waals surface area contributed by atoms with Crippen molar-refractivity contribution in [3.8, 4) is 28.3 Å². The molecular weight excluding hydrogens is 288 g/mol. The minimum atomic E-state index is 0.607. The molecule has 0 aliphatic rings. The van der Waals surface area contributed by atoms with Crippen molar-refractivity contribution in [2.45, 2.75) is 0 Å². The molecule has 0 atom stereocenters. The van der Waals surface area contributed by atoms with Crippen LogP contribution in [-0.2, 0) is 0 Å². The molecule has 0 spiro atoms. The van der Waals surface area contributed by atoms with E-state index in [1.165, 1.54) is 6.33 Å². The van der Waals surface area contributed by atoms with Crippen LogP contribution in [0.25, 0.3) is 28.3 Å². The Morgan fingerprint density at radius 1 is 0.826 bits per heavy atom. The van der Waals surface area contributed by atoms with E-state index in [1.54, 1.807) is 10.9 Å². The third kappa shape index (κ3) is 2.46. The maximum atomic E-state index is 4.42. The van der Waals surface area contributed by atoms with Gasteiger partial charge in [-0.2, -0.15) is 4.68 Å². The Hall–Kier alpha value is -3.41. The van der Waals surface area contributed by atoms with Crippen LogP contribution in [0, 0.1) is 0 Å². The highest BCUT2D eigenvalue weighted by Gasteiger charge is 2.16. The van der Waals surface area contributed by atoms with E-state index in [0.29, 0.717) is 5.82 Å². The summed E-state index contributed by atoms with van der Waals surface area (Å²) in [7, 11) is 0. The van der Waals surface area contributed by atoms with Gasteiger partial charge in [-0.25, -0.2) is 9.97 Å². The van der Waals surface area contributed by atoms with Gasteiger partial charge in [0.1, 0.15) is 6.33 Å². The second kappa shape index (κ2) is 5.76. The van der Waals surface area contributed by atoms with Crippen LogP contribution in [-0.4, -0.2) is 30.2 Å². The molecule has 0 unspecified atom stereocenters. The van der Waals surface area contributed by atoms with E-state index < -0.39 is 0 Å². The lowest BCUT2D eigenvalue weighted by atomic mass is 10.1. The molecule has 0 amide bonds. The molecule has 0 radical (unpaired) electrons. The molecule has 6 nitrogen and oxygen atoms in total. The van der Waals surface area contributed by atoms with Crippen LogP contribution in [0.4, 0.5) is 0 Å². The summed E-state index contributed by atoms with van der Waals surface area (Å²) < 4.78 is 1.69. The highest BCUT2D eigenvalue weighted by molar-refractivity contribution is 5.77. The Balaban J connectivity index is 1.90. The number of tetrazole rings is 1. The fourth-order valence-electron chi connectivity index (χ4n) is 2.42. The van der Waals surface area contributed by atoms with Crippen LogP contribution < -0.4 is 0 Å². The van der Waals surface area contributed by atoms with E-state index in [9.17, 15) is 0 Å². The Morgan fingerprint density at radius 2 is 1.57 bits per heavy atom. The first-order valence-corrected chi connectivity index (χ1v) is 7.13. The summed E-state index contributed by atoms with van der Waals surface area (Å²) in [5.41, 5.74) is 3.46. The van der Waals surface area contributed by atoms with Crippen molar-refractivity contribution < 1.29 is 0 Å². The van der Waals surface area contributed by atoms with E-state index in [4.69, 9.17) is 0 Å². The second-order valence-corrected chi connectivity index (χ2v) is 4.90. The quantitative estimate of drug-likeness (QED) is 0.582. The average Bonchev–Trinajstić information content (AvgIpc) is 3.13. The Labute approximate surface area is 132 Å². The van der Waals surface area contributed by atoms with Crippen molar-refractivity contribution in [2.24, 2.45) is 0 Å². The third-order valence-corrected chi connectivity index (χ3v) is 3.47. The maximum absolute atomic E-state index is 4.42. The topological polar surface area (TPSA) is 69.4 Å². The highest BCUT2D eigenvalue weighted by Crippen LogP contribution is 2.28. The normalized spacial score (nSPS) is 10.6. The molecule has 2 aromatic heterocycles. The lowest BCUT2D eigenvalue weighted by Crippen LogP contribution is -2.01. The zero-order chi connectivity index (χ0) is 15.5. The predicted octanol–water partition coefficient (Wildman–Crippen LogP) is 2.79. The summed E-state index contributed by atoms with van der Waals surface area (Å²) in [6, 6.07) is 19.7. The van der Waals surface area contributed by atoms with E-state index >= 15 is 0 Å². The van der Waals surface area contributed by atoms with Gasteiger partial charge in [0, 0.05) is 11.8 Å². The molecule has 0 aliphatic heterocycles. The lowest BCUT2D eigenvalue weighted by Gasteiger charge is -2.08. The summed E-state index contributed by atoms with van der Waals surface area (Å²) in [6.07, 6.45) is 3.27. The summed E-state index contributed by atoms with van der Waals surface area (Å²) in [5.74, 6) is 0.607. The smallest absolute Gasteiger partial charge is 0.190 e. The predicted molar refractivity (Wildman–Crippen MR) is 85.6 cm³/mol. The molecule has 0 bridgehead atoms. The second-order valence-electron chi connectivity index (χ2n) is 4.90. The number of hydrogen-bond donors (Lipinski definition) is 0. The van der Waals surface area contributed by atoms with Crippen LogP contribution in [0.2, 0.25) is 0 Å². The van der Waals surface area contributed by atoms with Crippen molar-refractivity contribution in [3.05, 3.63) is 73.2 Å².